The van der Waals surface area contributed by atoms with E-state index in [0.29, 0.717) is 4.90 Å². The minimum Gasteiger partial charge on any atom is -0.378 e. The molecule has 0 amide bonds. The number of nitrogens with zero attached hydrogens (tertiary/aromatic N) is 3. The van der Waals surface area contributed by atoms with Crippen molar-refractivity contribution in [3.63, 3.8) is 0 Å². The van der Waals surface area contributed by atoms with Crippen molar-refractivity contribution < 1.29 is 8.95 Å². The lowest BCUT2D eigenvalue weighted by molar-refractivity contribution is 0.122. The van der Waals surface area contributed by atoms with E-state index in [1.807, 2.05) is 26.0 Å². The lowest BCUT2D eigenvalue weighted by atomic mass is 10.2. The molecule has 4 rings (SSSR count). The number of anilines is 1. The molecule has 3 heterocycles. The zero-order valence-corrected chi connectivity index (χ0v) is 19.4. The Morgan fingerprint density at radius 3 is 2.23 bits per heavy atom. The van der Waals surface area contributed by atoms with Gasteiger partial charge in [-0.2, -0.15) is 0 Å². The van der Waals surface area contributed by atoms with Crippen molar-refractivity contribution in [1.29, 1.82) is 0 Å². The smallest absolute Gasteiger partial charge is 0.128 e. The van der Waals surface area contributed by atoms with E-state index in [1.54, 1.807) is 13.2 Å². The maximum absolute atomic E-state index is 11.4. The van der Waals surface area contributed by atoms with E-state index in [1.165, 1.54) is 31.5 Å². The van der Waals surface area contributed by atoms with Crippen molar-refractivity contribution >= 4 is 16.8 Å². The van der Waals surface area contributed by atoms with Crippen LogP contribution < -0.4 is 9.62 Å². The number of morpholine rings is 1. The fourth-order valence-corrected chi connectivity index (χ4v) is 3.94. The standard InChI is InChI=1S/C11H15N.C10H15N3O2S.C2H6/c1-2-6-11(7-3-1)10-12-8-4-5-9-12;1-11-16(14)9-2-3-10(12-8-9)13-4-6-15-7-5-13;1-2/h1-3,6-7H,4-5,8-10H2;2-3,8,11H,4-7H2,1H3;1-2H3. The second kappa shape index (κ2) is 14.2. The van der Waals surface area contributed by atoms with E-state index in [2.05, 4.69) is 49.8 Å². The topological polar surface area (TPSA) is 57.7 Å². The van der Waals surface area contributed by atoms with Crippen LogP contribution >= 0.6 is 0 Å². The number of nitrogens with one attached hydrogen (secondary N) is 1. The van der Waals surface area contributed by atoms with Crippen molar-refractivity contribution in [1.82, 2.24) is 14.6 Å². The lowest BCUT2D eigenvalue weighted by Crippen LogP contribution is -2.36. The molecule has 1 unspecified atom stereocenters. The number of aromatic nitrogens is 1. The number of ether oxygens (including phenoxy) is 1. The predicted molar refractivity (Wildman–Crippen MR) is 125 cm³/mol. The fourth-order valence-electron chi connectivity index (χ4n) is 3.36. The minimum absolute atomic E-state index is 0.694. The first-order valence-corrected chi connectivity index (χ1v) is 12.1. The second-order valence-electron chi connectivity index (χ2n) is 6.89. The Morgan fingerprint density at radius 2 is 1.67 bits per heavy atom. The van der Waals surface area contributed by atoms with Crippen molar-refractivity contribution in [2.24, 2.45) is 0 Å². The fraction of sp³-hybridized carbons (Fsp3) is 0.522. The Hall–Kier alpha value is -1.80. The molecule has 1 aromatic carbocycles. The largest absolute Gasteiger partial charge is 0.378 e. The number of benzene rings is 1. The average Bonchev–Trinajstić information content (AvgIpc) is 3.35. The van der Waals surface area contributed by atoms with Gasteiger partial charge < -0.3 is 9.64 Å². The van der Waals surface area contributed by atoms with Crippen LogP contribution in [0.25, 0.3) is 0 Å². The summed E-state index contributed by atoms with van der Waals surface area (Å²) in [4.78, 5) is 9.69. The third-order valence-corrected chi connectivity index (χ3v) is 5.94. The summed E-state index contributed by atoms with van der Waals surface area (Å²) in [6.07, 6.45) is 4.41. The van der Waals surface area contributed by atoms with Gasteiger partial charge >= 0.3 is 0 Å². The highest BCUT2D eigenvalue weighted by molar-refractivity contribution is 7.83. The van der Waals surface area contributed by atoms with Crippen LogP contribution in [0.15, 0.2) is 53.6 Å². The number of hydrogen-bond donors (Lipinski definition) is 1. The van der Waals surface area contributed by atoms with Gasteiger partial charge in [-0.3, -0.25) is 4.90 Å². The van der Waals surface area contributed by atoms with Crippen LogP contribution in [-0.2, 0) is 22.3 Å². The zero-order chi connectivity index (χ0) is 21.6. The first-order valence-electron chi connectivity index (χ1n) is 10.9. The molecule has 2 aromatic rings. The highest BCUT2D eigenvalue weighted by Crippen LogP contribution is 2.14. The predicted octanol–water partition coefficient (Wildman–Crippen LogP) is 3.47. The van der Waals surface area contributed by atoms with Gasteiger partial charge in [0.1, 0.15) is 16.8 Å². The summed E-state index contributed by atoms with van der Waals surface area (Å²) in [6, 6.07) is 14.5. The Balaban J connectivity index is 0.000000204. The van der Waals surface area contributed by atoms with Gasteiger partial charge in [-0.25, -0.2) is 13.9 Å². The van der Waals surface area contributed by atoms with Crippen LogP contribution in [0, 0.1) is 0 Å². The quantitative estimate of drug-likeness (QED) is 0.784. The van der Waals surface area contributed by atoms with Gasteiger partial charge in [-0.05, 0) is 50.7 Å². The molecule has 6 nitrogen and oxygen atoms in total. The van der Waals surface area contributed by atoms with E-state index in [4.69, 9.17) is 4.74 Å². The third-order valence-electron chi connectivity index (χ3n) is 4.90. The monoisotopic (exact) mass is 432 g/mol. The molecule has 166 valence electrons. The molecule has 0 bridgehead atoms. The van der Waals surface area contributed by atoms with E-state index in [9.17, 15) is 4.21 Å². The molecule has 0 radical (unpaired) electrons. The highest BCUT2D eigenvalue weighted by atomic mass is 32.2. The van der Waals surface area contributed by atoms with Crippen LogP contribution in [0.5, 0.6) is 0 Å². The van der Waals surface area contributed by atoms with Crippen LogP contribution in [0.1, 0.15) is 32.3 Å². The molecule has 2 saturated heterocycles. The van der Waals surface area contributed by atoms with Gasteiger partial charge in [0.15, 0.2) is 0 Å². The summed E-state index contributed by atoms with van der Waals surface area (Å²) in [5, 5.41) is 0. The highest BCUT2D eigenvalue weighted by Gasteiger charge is 2.13. The van der Waals surface area contributed by atoms with Gasteiger partial charge in [0.05, 0.1) is 18.1 Å². The second-order valence-corrected chi connectivity index (χ2v) is 8.31. The number of rotatable bonds is 5. The zero-order valence-electron chi connectivity index (χ0n) is 18.5. The number of hydrogen-bond acceptors (Lipinski definition) is 5. The van der Waals surface area contributed by atoms with Gasteiger partial charge in [0.25, 0.3) is 0 Å². The van der Waals surface area contributed by atoms with Crippen molar-refractivity contribution in [2.75, 3.05) is 51.3 Å². The first-order chi connectivity index (χ1) is 14.8. The van der Waals surface area contributed by atoms with Crippen LogP contribution in [0.3, 0.4) is 0 Å². The summed E-state index contributed by atoms with van der Waals surface area (Å²) in [7, 11) is 0.499. The molecule has 0 aliphatic carbocycles. The number of pyridine rings is 1. The molecule has 2 fully saturated rings. The summed E-state index contributed by atoms with van der Waals surface area (Å²) in [5.41, 5.74) is 1.44. The molecule has 2 aliphatic heterocycles. The molecule has 1 atom stereocenters. The van der Waals surface area contributed by atoms with Crippen LogP contribution in [0.2, 0.25) is 0 Å². The van der Waals surface area contributed by atoms with E-state index >= 15 is 0 Å². The Bertz CT molecular complexity index is 716. The molecular weight excluding hydrogens is 396 g/mol. The Kier molecular flexibility index (Phi) is 11.6. The number of likely N-dealkylation sites (tertiary alicyclic amines) is 1. The molecule has 2 aliphatic rings. The third kappa shape index (κ3) is 8.14. The molecule has 0 saturated carbocycles. The van der Waals surface area contributed by atoms with Gasteiger partial charge in [0.2, 0.25) is 0 Å². The Labute approximate surface area is 184 Å². The van der Waals surface area contributed by atoms with Crippen LogP contribution in [0.4, 0.5) is 5.82 Å². The normalized spacial score (nSPS) is 17.4. The minimum atomic E-state index is -1.16. The summed E-state index contributed by atoms with van der Waals surface area (Å²) in [6.45, 7) is 10.9. The summed E-state index contributed by atoms with van der Waals surface area (Å²) >= 11 is 0. The van der Waals surface area contributed by atoms with Gasteiger partial charge in [-0.15, -0.1) is 0 Å². The summed E-state index contributed by atoms with van der Waals surface area (Å²) in [5.74, 6) is 0.917. The molecule has 30 heavy (non-hydrogen) atoms. The molecular formula is C23H36N4O2S. The Morgan fingerprint density at radius 1 is 1.00 bits per heavy atom. The van der Waals surface area contributed by atoms with Gasteiger partial charge in [0, 0.05) is 25.8 Å². The SMILES string of the molecule is CC.CNS(=O)c1ccc(N2CCOCC2)nc1.c1ccc(CN2CCCC2)cc1. The maximum Gasteiger partial charge on any atom is 0.128 e. The summed E-state index contributed by atoms with van der Waals surface area (Å²) < 4.78 is 19.4. The molecule has 7 heteroatoms. The van der Waals surface area contributed by atoms with E-state index in [-0.39, 0.29) is 0 Å². The average molecular weight is 433 g/mol. The van der Waals surface area contributed by atoms with Crippen molar-refractivity contribution in [2.45, 2.75) is 38.1 Å². The molecule has 0 spiro atoms. The van der Waals surface area contributed by atoms with E-state index < -0.39 is 11.0 Å². The van der Waals surface area contributed by atoms with Crippen LogP contribution in [-0.4, -0.2) is 60.5 Å². The van der Waals surface area contributed by atoms with Crippen molar-refractivity contribution in [3.8, 4) is 0 Å². The first kappa shape index (κ1) is 24.5. The van der Waals surface area contributed by atoms with Gasteiger partial charge in [-0.1, -0.05) is 44.2 Å². The van der Waals surface area contributed by atoms with E-state index in [0.717, 1.165) is 38.7 Å². The molecule has 1 aromatic heterocycles. The lowest BCUT2D eigenvalue weighted by Gasteiger charge is -2.27. The molecule has 1 N–H and O–H groups in total. The maximum atomic E-state index is 11.4. The van der Waals surface area contributed by atoms with Crippen molar-refractivity contribution in [3.05, 3.63) is 54.2 Å².